The van der Waals surface area contributed by atoms with Gasteiger partial charge in [0, 0.05) is 41.6 Å². The van der Waals surface area contributed by atoms with E-state index < -0.39 is 18.6 Å². The zero-order valence-electron chi connectivity index (χ0n) is 23.8. The second kappa shape index (κ2) is 8.62. The van der Waals surface area contributed by atoms with E-state index in [1.54, 1.807) is 18.2 Å². The molecule has 35 heavy (non-hydrogen) atoms. The molecular formula is C31H29FNO2+. The van der Waals surface area contributed by atoms with Gasteiger partial charge in [-0.2, -0.15) is 0 Å². The lowest BCUT2D eigenvalue weighted by atomic mass is 9.87. The fourth-order valence-electron chi connectivity index (χ4n) is 5.24. The number of benzene rings is 3. The first-order valence-electron chi connectivity index (χ1n) is 13.9. The summed E-state index contributed by atoms with van der Waals surface area (Å²) in [6.07, 6.45) is 2.78. The molecule has 0 bridgehead atoms. The molecule has 3 aromatic carbocycles. The molecule has 1 saturated heterocycles. The van der Waals surface area contributed by atoms with Crippen molar-refractivity contribution < 1.29 is 23.6 Å². The van der Waals surface area contributed by atoms with Crippen molar-refractivity contribution in [3.8, 4) is 22.4 Å². The Labute approximate surface area is 210 Å². The monoisotopic (exact) mass is 470 g/mol. The third-order valence-electron chi connectivity index (χ3n) is 7.06. The summed E-state index contributed by atoms with van der Waals surface area (Å²) in [7, 11) is 1.97. The third kappa shape index (κ3) is 3.64. The molecule has 4 heteroatoms. The van der Waals surface area contributed by atoms with Crippen LogP contribution in [0.25, 0.3) is 44.3 Å². The molecule has 2 aromatic heterocycles. The molecule has 176 valence electrons. The van der Waals surface area contributed by atoms with Gasteiger partial charge in [-0.3, -0.25) is 0 Å². The molecule has 0 spiro atoms. The molecule has 0 atom stereocenters. The van der Waals surface area contributed by atoms with Crippen LogP contribution in [0.5, 0.6) is 0 Å². The smallest absolute Gasteiger partial charge is 0.216 e. The number of furan rings is 1. The molecule has 0 unspecified atom stereocenters. The van der Waals surface area contributed by atoms with Crippen molar-refractivity contribution in [3.05, 3.63) is 89.4 Å². The van der Waals surface area contributed by atoms with Crippen LogP contribution in [-0.2, 0) is 11.8 Å². The van der Waals surface area contributed by atoms with Gasteiger partial charge in [0.05, 0.1) is 11.1 Å². The molecule has 1 aliphatic heterocycles. The van der Waals surface area contributed by atoms with Gasteiger partial charge >= 0.3 is 0 Å². The minimum absolute atomic E-state index is 0.0669. The van der Waals surface area contributed by atoms with Crippen LogP contribution in [0.4, 0.5) is 4.39 Å². The maximum Gasteiger partial charge on any atom is 0.216 e. The van der Waals surface area contributed by atoms with Gasteiger partial charge in [-0.25, -0.2) is 8.96 Å². The summed E-state index contributed by atoms with van der Waals surface area (Å²) < 4.78 is 63.3. The maximum atomic E-state index is 15.6. The first-order valence-corrected chi connectivity index (χ1v) is 11.9. The van der Waals surface area contributed by atoms with Crippen LogP contribution in [-0.4, -0.2) is 13.2 Å². The maximum absolute atomic E-state index is 15.6. The summed E-state index contributed by atoms with van der Waals surface area (Å²) in [4.78, 5) is 0. The number of aryl methyl sites for hydroxylation is 3. The Morgan fingerprint density at radius 3 is 2.49 bits per heavy atom. The van der Waals surface area contributed by atoms with E-state index in [2.05, 4.69) is 0 Å². The van der Waals surface area contributed by atoms with Gasteiger partial charge in [0.15, 0.2) is 6.20 Å². The molecule has 0 radical (unpaired) electrons. The van der Waals surface area contributed by atoms with E-state index in [0.29, 0.717) is 48.3 Å². The predicted octanol–water partition coefficient (Wildman–Crippen LogP) is 7.39. The largest absolute Gasteiger partial charge is 0.454 e. The molecule has 0 N–H and O–H groups in total. The second-order valence-electron chi connectivity index (χ2n) is 9.21. The topological polar surface area (TPSA) is 26.2 Å². The number of nitrogens with zero attached hydrogens (tertiary/aromatic N) is 1. The third-order valence-corrected chi connectivity index (χ3v) is 7.06. The SMILES string of the molecule is [2H]C([2H])([2H])c1cc(-c2c(F)ccc3c2oc2c(-c4cccc[n+]4C)c(C)ccc23)ccc1C1([2H])CCOCC1. The van der Waals surface area contributed by atoms with Crippen molar-refractivity contribution in [2.24, 2.45) is 7.05 Å². The van der Waals surface area contributed by atoms with Gasteiger partial charge in [-0.15, -0.1) is 0 Å². The summed E-state index contributed by atoms with van der Waals surface area (Å²) in [5, 5.41) is 1.61. The van der Waals surface area contributed by atoms with Crippen molar-refractivity contribution in [1.29, 1.82) is 0 Å². The summed E-state index contributed by atoms with van der Waals surface area (Å²) in [5.74, 6) is -1.57. The van der Waals surface area contributed by atoms with Crippen molar-refractivity contribution in [2.75, 3.05) is 13.2 Å². The van der Waals surface area contributed by atoms with Crippen LogP contribution in [0.15, 0.2) is 71.3 Å². The van der Waals surface area contributed by atoms with Crippen molar-refractivity contribution >= 4 is 21.9 Å². The molecule has 0 amide bonds. The fraction of sp³-hybridized carbons (Fsp3) is 0.258. The number of hydrogen-bond acceptors (Lipinski definition) is 2. The van der Waals surface area contributed by atoms with Crippen LogP contribution in [0.1, 0.15) is 40.9 Å². The van der Waals surface area contributed by atoms with Gasteiger partial charge in [-0.1, -0.05) is 30.3 Å². The van der Waals surface area contributed by atoms with Gasteiger partial charge in [0.1, 0.15) is 24.0 Å². The molecule has 3 nitrogen and oxygen atoms in total. The Hall–Kier alpha value is -3.50. The average Bonchev–Trinajstić information content (AvgIpc) is 3.27. The van der Waals surface area contributed by atoms with Crippen LogP contribution in [0, 0.1) is 19.6 Å². The Balaban J connectivity index is 1.61. The standard InChI is InChI=1S/C31H29FNO2/c1-19-7-9-24-25-11-12-26(32)29(22-8-10-23(20(2)18-22)21-13-16-34-17-14-21)31(25)35-30(24)28(19)27-6-4-5-15-33(27)3/h4-12,15,18,21H,13-14,16-17H2,1-3H3/q+1/i2D3,21D. The number of aromatic nitrogens is 1. The average molecular weight is 471 g/mol. The number of ether oxygens (including phenoxy) is 1. The van der Waals surface area contributed by atoms with E-state index in [9.17, 15) is 0 Å². The lowest BCUT2D eigenvalue weighted by molar-refractivity contribution is -0.660. The van der Waals surface area contributed by atoms with Gasteiger partial charge in [0.2, 0.25) is 5.69 Å². The number of rotatable bonds is 3. The number of pyridine rings is 1. The zero-order valence-corrected chi connectivity index (χ0v) is 19.8. The highest BCUT2D eigenvalue weighted by molar-refractivity contribution is 6.13. The summed E-state index contributed by atoms with van der Waals surface area (Å²) in [6, 6.07) is 18.0. The number of hydrogen-bond donors (Lipinski definition) is 0. The highest BCUT2D eigenvalue weighted by Crippen LogP contribution is 2.42. The fourth-order valence-corrected chi connectivity index (χ4v) is 5.24. The van der Waals surface area contributed by atoms with Crippen molar-refractivity contribution in [2.45, 2.75) is 32.5 Å². The molecule has 1 fully saturated rings. The molecule has 3 heterocycles. The summed E-state index contributed by atoms with van der Waals surface area (Å²) >= 11 is 0. The second-order valence-corrected chi connectivity index (χ2v) is 9.21. The van der Waals surface area contributed by atoms with Crippen LogP contribution >= 0.6 is 0 Å². The molecular weight excluding hydrogens is 437 g/mol. The first-order chi connectivity index (χ1) is 18.6. The van der Waals surface area contributed by atoms with Crippen LogP contribution in [0.3, 0.4) is 0 Å². The van der Waals surface area contributed by atoms with E-state index in [1.165, 1.54) is 12.1 Å². The number of fused-ring (bicyclic) bond motifs is 3. The van der Waals surface area contributed by atoms with Crippen LogP contribution < -0.4 is 4.57 Å². The Bertz CT molecular complexity index is 1740. The Kier molecular flexibility index (Phi) is 4.40. The number of halogens is 1. The predicted molar refractivity (Wildman–Crippen MR) is 138 cm³/mol. The Morgan fingerprint density at radius 1 is 0.943 bits per heavy atom. The lowest BCUT2D eigenvalue weighted by Gasteiger charge is -2.24. The van der Waals surface area contributed by atoms with Crippen molar-refractivity contribution in [1.82, 2.24) is 0 Å². The van der Waals surface area contributed by atoms with Crippen LogP contribution in [0.2, 0.25) is 0 Å². The molecule has 0 saturated carbocycles. The first kappa shape index (κ1) is 17.9. The molecule has 0 aliphatic carbocycles. The van der Waals surface area contributed by atoms with Crippen molar-refractivity contribution in [3.63, 3.8) is 0 Å². The normalized spacial score (nSPS) is 17.7. The lowest BCUT2D eigenvalue weighted by Crippen LogP contribution is -2.30. The highest BCUT2D eigenvalue weighted by Gasteiger charge is 2.24. The van der Waals surface area contributed by atoms with E-state index in [-0.39, 0.29) is 11.1 Å². The minimum atomic E-state index is -2.47. The molecule has 1 aliphatic rings. The zero-order chi connectivity index (χ0) is 27.5. The van der Waals surface area contributed by atoms with Gasteiger partial charge in [-0.05, 0) is 73.0 Å². The molecule has 6 rings (SSSR count). The van der Waals surface area contributed by atoms with E-state index in [0.717, 1.165) is 27.6 Å². The van der Waals surface area contributed by atoms with E-state index in [4.69, 9.17) is 14.6 Å². The van der Waals surface area contributed by atoms with E-state index in [1.807, 2.05) is 55.1 Å². The summed E-state index contributed by atoms with van der Waals surface area (Å²) in [6.45, 7) is 0.353. The van der Waals surface area contributed by atoms with Gasteiger partial charge < -0.3 is 9.15 Å². The van der Waals surface area contributed by atoms with E-state index >= 15 is 4.39 Å². The highest BCUT2D eigenvalue weighted by atomic mass is 19.1. The Morgan fingerprint density at radius 2 is 1.71 bits per heavy atom. The molecule has 5 aromatic rings. The summed E-state index contributed by atoms with van der Waals surface area (Å²) in [5.41, 5.74) is 5.07. The minimum Gasteiger partial charge on any atom is -0.454 e. The quantitative estimate of drug-likeness (QED) is 0.257. The van der Waals surface area contributed by atoms with Gasteiger partial charge in [0.25, 0.3) is 0 Å².